The fourth-order valence-corrected chi connectivity index (χ4v) is 2.31. The molecule has 2 N–H and O–H groups in total. The van der Waals surface area contributed by atoms with Crippen molar-refractivity contribution in [2.24, 2.45) is 0 Å². The minimum atomic E-state index is -0.253. The molecule has 8 heteroatoms. The zero-order chi connectivity index (χ0) is 14.7. The summed E-state index contributed by atoms with van der Waals surface area (Å²) in [5, 5.41) is 9.80. The molecular weight excluding hydrogens is 270 g/mol. The SMILES string of the molecule is CCc1ncc(NC(=O)N[C@H]2CCc3ncnn3C2)cn1. The first-order chi connectivity index (χ1) is 10.2. The molecule has 0 saturated carbocycles. The van der Waals surface area contributed by atoms with E-state index in [1.54, 1.807) is 18.7 Å². The van der Waals surface area contributed by atoms with Crippen molar-refractivity contribution >= 4 is 11.7 Å². The van der Waals surface area contributed by atoms with Crippen molar-refractivity contribution in [1.82, 2.24) is 30.0 Å². The highest BCUT2D eigenvalue weighted by molar-refractivity contribution is 5.89. The standard InChI is InChI=1S/C13H17N7O/c1-2-11-14-5-10(6-15-11)19-13(21)18-9-3-4-12-16-8-17-20(12)7-9/h5-6,8-9H,2-4,7H2,1H3,(H2,18,19,21)/t9-/m0/s1. The molecule has 1 aliphatic heterocycles. The van der Waals surface area contributed by atoms with E-state index in [0.29, 0.717) is 12.2 Å². The van der Waals surface area contributed by atoms with E-state index in [0.717, 1.165) is 30.9 Å². The molecule has 2 amide bonds. The van der Waals surface area contributed by atoms with Crippen molar-refractivity contribution in [2.75, 3.05) is 5.32 Å². The van der Waals surface area contributed by atoms with Crippen LogP contribution in [0.3, 0.4) is 0 Å². The highest BCUT2D eigenvalue weighted by Crippen LogP contribution is 2.11. The van der Waals surface area contributed by atoms with Crippen molar-refractivity contribution in [3.63, 3.8) is 0 Å². The number of amides is 2. The predicted molar refractivity (Wildman–Crippen MR) is 75.7 cm³/mol. The molecule has 1 aliphatic rings. The van der Waals surface area contributed by atoms with E-state index < -0.39 is 0 Å². The molecule has 0 fully saturated rings. The van der Waals surface area contributed by atoms with Crippen LogP contribution in [0.2, 0.25) is 0 Å². The number of urea groups is 1. The van der Waals surface area contributed by atoms with Crippen LogP contribution in [0.25, 0.3) is 0 Å². The summed E-state index contributed by atoms with van der Waals surface area (Å²) in [7, 11) is 0. The van der Waals surface area contributed by atoms with Gasteiger partial charge in [0.15, 0.2) is 0 Å². The highest BCUT2D eigenvalue weighted by atomic mass is 16.2. The zero-order valence-corrected chi connectivity index (χ0v) is 11.8. The van der Waals surface area contributed by atoms with E-state index in [-0.39, 0.29) is 12.1 Å². The number of hydrogen-bond donors (Lipinski definition) is 2. The van der Waals surface area contributed by atoms with Crippen molar-refractivity contribution < 1.29 is 4.79 Å². The predicted octanol–water partition coefficient (Wildman–Crippen LogP) is 0.767. The molecule has 0 radical (unpaired) electrons. The molecule has 21 heavy (non-hydrogen) atoms. The second-order valence-electron chi connectivity index (χ2n) is 4.93. The molecule has 3 heterocycles. The number of hydrogen-bond acceptors (Lipinski definition) is 5. The first kappa shape index (κ1) is 13.5. The van der Waals surface area contributed by atoms with Gasteiger partial charge in [-0.05, 0) is 6.42 Å². The van der Waals surface area contributed by atoms with Crippen LogP contribution in [-0.4, -0.2) is 36.8 Å². The first-order valence-electron chi connectivity index (χ1n) is 6.99. The average Bonchev–Trinajstić information content (AvgIpc) is 2.95. The molecule has 0 bridgehead atoms. The first-order valence-corrected chi connectivity index (χ1v) is 6.99. The van der Waals surface area contributed by atoms with Crippen LogP contribution in [0, 0.1) is 0 Å². The van der Waals surface area contributed by atoms with E-state index in [9.17, 15) is 4.79 Å². The lowest BCUT2D eigenvalue weighted by atomic mass is 10.1. The third-order valence-corrected chi connectivity index (χ3v) is 3.42. The summed E-state index contributed by atoms with van der Waals surface area (Å²) in [5.41, 5.74) is 0.585. The van der Waals surface area contributed by atoms with Gasteiger partial charge in [-0.3, -0.25) is 0 Å². The third kappa shape index (κ3) is 3.15. The maximum Gasteiger partial charge on any atom is 0.319 e. The molecule has 2 aromatic heterocycles. The van der Waals surface area contributed by atoms with Gasteiger partial charge in [-0.2, -0.15) is 5.10 Å². The maximum absolute atomic E-state index is 12.0. The van der Waals surface area contributed by atoms with Gasteiger partial charge in [-0.1, -0.05) is 6.92 Å². The van der Waals surface area contributed by atoms with Crippen molar-refractivity contribution in [3.05, 3.63) is 30.4 Å². The molecule has 0 aromatic carbocycles. The number of carbonyl (C=O) groups excluding carboxylic acids is 1. The number of carbonyl (C=O) groups is 1. The van der Waals surface area contributed by atoms with E-state index in [1.807, 2.05) is 11.6 Å². The van der Waals surface area contributed by atoms with Crippen molar-refractivity contribution in [2.45, 2.75) is 38.8 Å². The van der Waals surface area contributed by atoms with Gasteiger partial charge in [0, 0.05) is 12.8 Å². The summed E-state index contributed by atoms with van der Waals surface area (Å²) in [5.74, 6) is 1.73. The summed E-state index contributed by atoms with van der Waals surface area (Å²) < 4.78 is 1.83. The van der Waals surface area contributed by atoms with Gasteiger partial charge >= 0.3 is 6.03 Å². The summed E-state index contributed by atoms with van der Waals surface area (Å²) in [6, 6.07) is -0.202. The lowest BCUT2D eigenvalue weighted by molar-refractivity contribution is 0.243. The van der Waals surface area contributed by atoms with E-state index in [1.165, 1.54) is 0 Å². The Morgan fingerprint density at radius 2 is 2.19 bits per heavy atom. The Kier molecular flexibility index (Phi) is 3.76. The van der Waals surface area contributed by atoms with Gasteiger partial charge in [-0.25, -0.2) is 24.4 Å². The van der Waals surface area contributed by atoms with Crippen LogP contribution in [0.1, 0.15) is 25.0 Å². The van der Waals surface area contributed by atoms with Crippen LogP contribution >= 0.6 is 0 Å². The van der Waals surface area contributed by atoms with Gasteiger partial charge in [-0.15, -0.1) is 0 Å². The second kappa shape index (κ2) is 5.86. The second-order valence-corrected chi connectivity index (χ2v) is 4.93. The van der Waals surface area contributed by atoms with E-state index in [4.69, 9.17) is 0 Å². The highest BCUT2D eigenvalue weighted by Gasteiger charge is 2.21. The molecule has 110 valence electrons. The molecule has 0 saturated heterocycles. The van der Waals surface area contributed by atoms with Gasteiger partial charge in [0.2, 0.25) is 0 Å². The van der Waals surface area contributed by atoms with Gasteiger partial charge in [0.25, 0.3) is 0 Å². The molecule has 0 unspecified atom stereocenters. The lowest BCUT2D eigenvalue weighted by Gasteiger charge is -2.23. The van der Waals surface area contributed by atoms with Crippen LogP contribution in [-0.2, 0) is 19.4 Å². The molecule has 0 spiro atoms. The Balaban J connectivity index is 1.54. The minimum absolute atomic E-state index is 0.0510. The largest absolute Gasteiger partial charge is 0.333 e. The summed E-state index contributed by atoms with van der Waals surface area (Å²) >= 11 is 0. The van der Waals surface area contributed by atoms with Gasteiger partial charge in [0.05, 0.1) is 30.7 Å². The van der Waals surface area contributed by atoms with Crippen molar-refractivity contribution in [3.8, 4) is 0 Å². The number of nitrogens with one attached hydrogen (secondary N) is 2. The molecule has 1 atom stereocenters. The Hall–Kier alpha value is -2.51. The van der Waals surface area contributed by atoms with E-state index >= 15 is 0 Å². The monoisotopic (exact) mass is 287 g/mol. The van der Waals surface area contributed by atoms with Gasteiger partial charge < -0.3 is 10.6 Å². The summed E-state index contributed by atoms with van der Waals surface area (Å²) in [6.07, 6.45) is 7.22. The fourth-order valence-electron chi connectivity index (χ4n) is 2.31. The summed E-state index contributed by atoms with van der Waals surface area (Å²) in [6.45, 7) is 2.63. The lowest BCUT2D eigenvalue weighted by Crippen LogP contribution is -2.43. The number of aromatic nitrogens is 5. The number of anilines is 1. The number of rotatable bonds is 3. The molecule has 3 rings (SSSR count). The van der Waals surface area contributed by atoms with Gasteiger partial charge in [0.1, 0.15) is 18.0 Å². The quantitative estimate of drug-likeness (QED) is 0.869. The average molecular weight is 287 g/mol. The fraction of sp³-hybridized carbons (Fsp3) is 0.462. The molecule has 2 aromatic rings. The van der Waals surface area contributed by atoms with Crippen LogP contribution in [0.5, 0.6) is 0 Å². The number of fused-ring (bicyclic) bond motifs is 1. The molecule has 0 aliphatic carbocycles. The smallest absolute Gasteiger partial charge is 0.319 e. The zero-order valence-electron chi connectivity index (χ0n) is 11.8. The van der Waals surface area contributed by atoms with Crippen LogP contribution in [0.4, 0.5) is 10.5 Å². The minimum Gasteiger partial charge on any atom is -0.333 e. The van der Waals surface area contributed by atoms with Crippen LogP contribution in [0.15, 0.2) is 18.7 Å². The normalized spacial score (nSPS) is 17.1. The Labute approximate surface area is 122 Å². The Bertz CT molecular complexity index is 622. The number of aryl methyl sites for hydroxylation is 2. The topological polar surface area (TPSA) is 97.6 Å². The van der Waals surface area contributed by atoms with E-state index in [2.05, 4.69) is 30.7 Å². The number of nitrogens with zero attached hydrogens (tertiary/aromatic N) is 5. The van der Waals surface area contributed by atoms with Crippen molar-refractivity contribution in [1.29, 1.82) is 0 Å². The van der Waals surface area contributed by atoms with Crippen LogP contribution < -0.4 is 10.6 Å². The molecular formula is C13H17N7O. The molecule has 8 nitrogen and oxygen atoms in total. The Morgan fingerprint density at radius 1 is 1.38 bits per heavy atom. The third-order valence-electron chi connectivity index (χ3n) is 3.42. The Morgan fingerprint density at radius 3 is 2.95 bits per heavy atom. The maximum atomic E-state index is 12.0. The summed E-state index contributed by atoms with van der Waals surface area (Å²) in [4.78, 5) is 24.4.